The van der Waals surface area contributed by atoms with Crippen molar-refractivity contribution in [2.24, 2.45) is 5.92 Å². The van der Waals surface area contributed by atoms with E-state index in [-0.39, 0.29) is 25.7 Å². The predicted molar refractivity (Wildman–Crippen MR) is 418 cm³/mol. The first kappa shape index (κ1) is 99.5. The van der Waals surface area contributed by atoms with Gasteiger partial charge in [0.25, 0.3) is 0 Å². The zero-order chi connectivity index (χ0) is 74.8. The van der Waals surface area contributed by atoms with Gasteiger partial charge in [-0.3, -0.25) is 37.3 Å². The lowest BCUT2D eigenvalue weighted by Crippen LogP contribution is -2.30. The Morgan fingerprint density at radius 2 is 0.549 bits per heavy atom. The molecule has 0 amide bonds. The molecular weight excluding hydrogens is 1330 g/mol. The summed E-state index contributed by atoms with van der Waals surface area (Å²) in [5.74, 6) is -1.36. The topological polar surface area (TPSA) is 237 Å². The average Bonchev–Trinajstić information content (AvgIpc) is 0.944. The summed E-state index contributed by atoms with van der Waals surface area (Å²) < 4.78 is 68.8. The SMILES string of the molecule is CCCCCC/C=C\C=C/CCCCCCCC(=O)O[C@H](COC(=O)CCCCCCCCCCC(C)CC)COP(=O)(O)OC[C@H](O)COP(=O)(O)OC[C@@H](COC(=O)CCCCCCCCCCCCCCCCCC)OC(=O)CCCCCCCCCCCCCCCCCCCCC. The van der Waals surface area contributed by atoms with Gasteiger partial charge in [-0.15, -0.1) is 0 Å². The van der Waals surface area contributed by atoms with Gasteiger partial charge in [-0.1, -0.05) is 367 Å². The van der Waals surface area contributed by atoms with Gasteiger partial charge in [0, 0.05) is 25.7 Å². The summed E-state index contributed by atoms with van der Waals surface area (Å²) in [4.78, 5) is 73.1. The van der Waals surface area contributed by atoms with E-state index < -0.39 is 97.5 Å². The maximum Gasteiger partial charge on any atom is 0.472 e. The van der Waals surface area contributed by atoms with Crippen molar-refractivity contribution in [3.63, 3.8) is 0 Å². The highest BCUT2D eigenvalue weighted by atomic mass is 31.2. The minimum atomic E-state index is -4.97. The smallest absolute Gasteiger partial charge is 0.462 e. The molecule has 17 nitrogen and oxygen atoms in total. The van der Waals surface area contributed by atoms with Gasteiger partial charge >= 0.3 is 39.5 Å². The van der Waals surface area contributed by atoms with Crippen LogP contribution in [-0.2, 0) is 65.4 Å². The number of carbonyl (C=O) groups excluding carboxylic acids is 4. The normalized spacial score (nSPS) is 14.2. The van der Waals surface area contributed by atoms with Crippen molar-refractivity contribution in [2.45, 2.75) is 438 Å². The molecule has 0 saturated carbocycles. The molecule has 3 unspecified atom stereocenters. The third-order valence-electron chi connectivity index (χ3n) is 19.3. The second-order valence-corrected chi connectivity index (χ2v) is 32.3. The summed E-state index contributed by atoms with van der Waals surface area (Å²) in [7, 11) is -9.94. The van der Waals surface area contributed by atoms with Crippen LogP contribution in [-0.4, -0.2) is 96.7 Å². The van der Waals surface area contributed by atoms with Crippen LogP contribution in [0.25, 0.3) is 0 Å². The molecule has 0 aromatic heterocycles. The van der Waals surface area contributed by atoms with E-state index in [1.54, 1.807) is 0 Å². The van der Waals surface area contributed by atoms with Crippen molar-refractivity contribution in [3.8, 4) is 0 Å². The summed E-state index contributed by atoms with van der Waals surface area (Å²) in [6.45, 7) is 7.28. The van der Waals surface area contributed by atoms with Crippen LogP contribution in [0.2, 0.25) is 0 Å². The highest BCUT2D eigenvalue weighted by molar-refractivity contribution is 7.47. The molecule has 0 aliphatic carbocycles. The Balaban J connectivity index is 5.29. The number of hydrogen-bond donors (Lipinski definition) is 3. The van der Waals surface area contributed by atoms with Crippen molar-refractivity contribution in [1.29, 1.82) is 0 Å². The molecule has 0 rings (SSSR count). The lowest BCUT2D eigenvalue weighted by Gasteiger charge is -2.21. The highest BCUT2D eigenvalue weighted by Gasteiger charge is 2.30. The standard InChI is InChI=1S/C83H158O17P2/c1-6-10-13-16-19-22-25-28-31-33-34-35-38-41-44-47-54-59-64-69-82(87)99-78(72-93-80(85)66-61-56-51-45-42-39-37-32-29-26-23-20-17-14-11-7-2)74-97-101(89,90)95-70-77(84)71-96-102(91,92)98-75-79(73-94-81(86)67-62-57-52-49-48-50-55-60-65-76(5)9-4)100-83(88)68-63-58-53-46-43-40-36-30-27-24-21-18-15-12-8-3/h24,27,30,36,76-79,84H,6-23,25-26,28-29,31-35,37-75H2,1-5H3,(H,89,90)(H,91,92)/b27-24-,36-30-/t76?,77-,78-,79-/m1/s1. The van der Waals surface area contributed by atoms with E-state index in [0.29, 0.717) is 25.7 Å². The Hall–Kier alpha value is -2.46. The van der Waals surface area contributed by atoms with E-state index in [9.17, 15) is 43.2 Å². The van der Waals surface area contributed by atoms with Gasteiger partial charge in [-0.25, -0.2) is 9.13 Å². The molecular formula is C83H158O17P2. The van der Waals surface area contributed by atoms with Crippen LogP contribution in [0.1, 0.15) is 420 Å². The van der Waals surface area contributed by atoms with Crippen LogP contribution in [0, 0.1) is 5.92 Å². The van der Waals surface area contributed by atoms with E-state index in [1.165, 1.54) is 231 Å². The number of phosphoric acid groups is 2. The van der Waals surface area contributed by atoms with Crippen molar-refractivity contribution in [2.75, 3.05) is 39.6 Å². The molecule has 102 heavy (non-hydrogen) atoms. The fourth-order valence-corrected chi connectivity index (χ4v) is 13.9. The minimum Gasteiger partial charge on any atom is -0.462 e. The van der Waals surface area contributed by atoms with E-state index >= 15 is 0 Å². The van der Waals surface area contributed by atoms with E-state index in [4.69, 9.17) is 37.0 Å². The van der Waals surface area contributed by atoms with Gasteiger partial charge in [0.15, 0.2) is 12.2 Å². The van der Waals surface area contributed by atoms with Crippen LogP contribution >= 0.6 is 15.6 Å². The third-order valence-corrected chi connectivity index (χ3v) is 21.2. The highest BCUT2D eigenvalue weighted by Crippen LogP contribution is 2.45. The van der Waals surface area contributed by atoms with Gasteiger partial charge in [0.2, 0.25) is 0 Å². The number of carbonyl (C=O) groups is 4. The molecule has 0 radical (unpaired) electrons. The first-order valence-electron chi connectivity index (χ1n) is 42.5. The fraction of sp³-hybridized carbons (Fsp3) is 0.904. The molecule has 0 aromatic rings. The maximum absolute atomic E-state index is 13.1. The zero-order valence-electron chi connectivity index (χ0n) is 66.2. The Kier molecular flexibility index (Phi) is 73.5. The number of rotatable bonds is 81. The molecule has 3 N–H and O–H groups in total. The first-order chi connectivity index (χ1) is 49.6. The summed E-state index contributed by atoms with van der Waals surface area (Å²) in [5, 5.41) is 10.7. The zero-order valence-corrected chi connectivity index (χ0v) is 68.0. The average molecular weight is 1490 g/mol. The van der Waals surface area contributed by atoms with Gasteiger partial charge in [0.1, 0.15) is 19.3 Å². The number of hydrogen-bond acceptors (Lipinski definition) is 15. The van der Waals surface area contributed by atoms with Gasteiger partial charge in [0.05, 0.1) is 26.4 Å². The third kappa shape index (κ3) is 74.4. The van der Waals surface area contributed by atoms with Crippen LogP contribution < -0.4 is 0 Å². The minimum absolute atomic E-state index is 0.0850. The molecule has 0 spiro atoms. The van der Waals surface area contributed by atoms with Crippen LogP contribution in [0.4, 0.5) is 0 Å². The molecule has 6 atom stereocenters. The van der Waals surface area contributed by atoms with Crippen LogP contribution in [0.5, 0.6) is 0 Å². The Morgan fingerprint density at radius 1 is 0.314 bits per heavy atom. The summed E-state index contributed by atoms with van der Waals surface area (Å²) in [5.41, 5.74) is 0. The largest absolute Gasteiger partial charge is 0.472 e. The second kappa shape index (κ2) is 75.4. The van der Waals surface area contributed by atoms with Crippen molar-refractivity contribution < 1.29 is 80.2 Å². The first-order valence-corrected chi connectivity index (χ1v) is 45.5. The van der Waals surface area contributed by atoms with Gasteiger partial charge < -0.3 is 33.8 Å². The lowest BCUT2D eigenvalue weighted by atomic mass is 9.99. The molecule has 0 fully saturated rings. The molecule has 0 saturated heterocycles. The summed E-state index contributed by atoms with van der Waals surface area (Å²) >= 11 is 0. The number of unbranched alkanes of at least 4 members (excludes halogenated alkanes) is 49. The van der Waals surface area contributed by atoms with E-state index in [1.807, 2.05) is 0 Å². The predicted octanol–water partition coefficient (Wildman–Crippen LogP) is 24.8. The molecule has 19 heteroatoms. The molecule has 0 aliphatic rings. The van der Waals surface area contributed by atoms with Crippen molar-refractivity contribution in [1.82, 2.24) is 0 Å². The summed E-state index contributed by atoms with van der Waals surface area (Å²) in [6.07, 6.45) is 70.1. The molecule has 0 aromatic carbocycles. The number of ether oxygens (including phenoxy) is 4. The lowest BCUT2D eigenvalue weighted by molar-refractivity contribution is -0.161. The Labute approximate surface area is 624 Å². The van der Waals surface area contributed by atoms with Crippen molar-refractivity contribution >= 4 is 39.5 Å². The van der Waals surface area contributed by atoms with E-state index in [2.05, 4.69) is 58.9 Å². The van der Waals surface area contributed by atoms with E-state index in [0.717, 1.165) is 109 Å². The summed E-state index contributed by atoms with van der Waals surface area (Å²) in [6, 6.07) is 0. The molecule has 0 bridgehead atoms. The number of aliphatic hydroxyl groups excluding tert-OH is 1. The Bertz CT molecular complexity index is 2040. The number of phosphoric ester groups is 2. The van der Waals surface area contributed by atoms with Crippen LogP contribution in [0.3, 0.4) is 0 Å². The molecule has 0 heterocycles. The fourth-order valence-electron chi connectivity index (χ4n) is 12.4. The van der Waals surface area contributed by atoms with Gasteiger partial charge in [-0.2, -0.15) is 0 Å². The van der Waals surface area contributed by atoms with Gasteiger partial charge in [-0.05, 0) is 57.3 Å². The maximum atomic E-state index is 13.1. The monoisotopic (exact) mass is 1490 g/mol. The van der Waals surface area contributed by atoms with Crippen LogP contribution in [0.15, 0.2) is 24.3 Å². The second-order valence-electron chi connectivity index (χ2n) is 29.4. The molecule has 602 valence electrons. The quantitative estimate of drug-likeness (QED) is 0.0169. The molecule has 0 aliphatic heterocycles. The number of esters is 4. The van der Waals surface area contributed by atoms with Crippen molar-refractivity contribution in [3.05, 3.63) is 24.3 Å². The Morgan fingerprint density at radius 3 is 0.833 bits per heavy atom. The number of aliphatic hydroxyl groups is 1. The number of allylic oxidation sites excluding steroid dienone is 4.